The van der Waals surface area contributed by atoms with Crippen LogP contribution in [0.15, 0.2) is 48.5 Å². The van der Waals surface area contributed by atoms with Gasteiger partial charge >= 0.3 is 6.03 Å². The number of amides is 3. The Kier molecular flexibility index (Phi) is 5.93. The summed E-state index contributed by atoms with van der Waals surface area (Å²) in [6.07, 6.45) is 3.54. The van der Waals surface area contributed by atoms with Gasteiger partial charge < -0.3 is 20.0 Å². The van der Waals surface area contributed by atoms with Gasteiger partial charge in [0.15, 0.2) is 0 Å². The minimum absolute atomic E-state index is 0.0816. The van der Waals surface area contributed by atoms with Gasteiger partial charge in [0.25, 0.3) is 0 Å². The molecule has 2 aliphatic rings. The quantitative estimate of drug-likeness (QED) is 0.826. The monoisotopic (exact) mass is 406 g/mol. The predicted molar refractivity (Wildman–Crippen MR) is 121 cm³/mol. The molecule has 2 saturated heterocycles. The zero-order chi connectivity index (χ0) is 21.1. The van der Waals surface area contributed by atoms with E-state index in [4.69, 9.17) is 0 Å². The van der Waals surface area contributed by atoms with Crippen molar-refractivity contribution in [1.82, 2.24) is 4.90 Å². The van der Waals surface area contributed by atoms with E-state index in [2.05, 4.69) is 48.5 Å². The summed E-state index contributed by atoms with van der Waals surface area (Å²) >= 11 is 0. The molecule has 1 atom stereocenters. The van der Waals surface area contributed by atoms with Crippen molar-refractivity contribution < 1.29 is 9.59 Å². The van der Waals surface area contributed by atoms with Crippen molar-refractivity contribution >= 4 is 29.0 Å². The number of carbonyl (C=O) groups is 2. The minimum Gasteiger partial charge on any atom is -0.370 e. The molecule has 0 radical (unpaired) electrons. The van der Waals surface area contributed by atoms with E-state index in [1.54, 1.807) is 4.90 Å². The van der Waals surface area contributed by atoms with Crippen LogP contribution in [0.4, 0.5) is 21.9 Å². The third-order valence-electron chi connectivity index (χ3n) is 6.16. The van der Waals surface area contributed by atoms with Crippen molar-refractivity contribution in [2.24, 2.45) is 0 Å². The fourth-order valence-electron chi connectivity index (χ4n) is 4.32. The van der Waals surface area contributed by atoms with Crippen molar-refractivity contribution in [2.45, 2.75) is 38.6 Å². The molecule has 0 bridgehead atoms. The van der Waals surface area contributed by atoms with E-state index in [1.165, 1.54) is 11.3 Å². The van der Waals surface area contributed by atoms with Gasteiger partial charge in [-0.15, -0.1) is 0 Å². The molecule has 2 aromatic rings. The van der Waals surface area contributed by atoms with Crippen LogP contribution in [0, 0.1) is 6.92 Å². The van der Waals surface area contributed by atoms with Gasteiger partial charge in [-0.3, -0.25) is 4.79 Å². The third-order valence-corrected chi connectivity index (χ3v) is 6.16. The second kappa shape index (κ2) is 8.78. The molecule has 0 unspecified atom stereocenters. The summed E-state index contributed by atoms with van der Waals surface area (Å²) in [5.74, 6) is 0.150. The Hall–Kier alpha value is -3.02. The second-order valence-electron chi connectivity index (χ2n) is 8.32. The van der Waals surface area contributed by atoms with Gasteiger partial charge in [0.2, 0.25) is 5.91 Å². The van der Waals surface area contributed by atoms with Gasteiger partial charge in [0.05, 0.1) is 0 Å². The lowest BCUT2D eigenvalue weighted by Gasteiger charge is -2.38. The maximum Gasteiger partial charge on any atom is 0.321 e. The normalized spacial score (nSPS) is 19.1. The van der Waals surface area contributed by atoms with E-state index in [0.29, 0.717) is 19.0 Å². The number of likely N-dealkylation sites (tertiary alicyclic amines) is 1. The number of urea groups is 1. The minimum atomic E-state index is -0.0816. The number of rotatable bonds is 4. The molecule has 2 aliphatic heterocycles. The standard InChI is InChI=1S/C24H30N4O2/c1-18-10-12-20(13-11-18)26(2)22-8-4-14-27(17-22)24(30)25-19-6-3-7-21(16-19)28-15-5-9-23(28)29/h3,6-7,10-13,16,22H,4-5,8-9,14-15,17H2,1-2H3,(H,25,30)/t22-/m0/s1. The average molecular weight is 407 g/mol. The summed E-state index contributed by atoms with van der Waals surface area (Å²) in [5.41, 5.74) is 4.00. The molecule has 0 aromatic heterocycles. The second-order valence-corrected chi connectivity index (χ2v) is 8.32. The summed E-state index contributed by atoms with van der Waals surface area (Å²) in [6.45, 7) is 4.29. The molecule has 4 rings (SSSR count). The molecular weight excluding hydrogens is 376 g/mol. The Bertz CT molecular complexity index is 912. The van der Waals surface area contributed by atoms with E-state index >= 15 is 0 Å². The lowest BCUT2D eigenvalue weighted by Crippen LogP contribution is -2.50. The topological polar surface area (TPSA) is 55.9 Å². The molecule has 30 heavy (non-hydrogen) atoms. The van der Waals surface area contributed by atoms with Gasteiger partial charge in [0.1, 0.15) is 0 Å². The van der Waals surface area contributed by atoms with Gasteiger partial charge in [0, 0.05) is 56.2 Å². The predicted octanol–water partition coefficient (Wildman–Crippen LogP) is 4.25. The number of anilines is 3. The third kappa shape index (κ3) is 4.42. The molecule has 158 valence electrons. The first-order valence-electron chi connectivity index (χ1n) is 10.8. The lowest BCUT2D eigenvalue weighted by atomic mass is 10.0. The van der Waals surface area contributed by atoms with E-state index in [9.17, 15) is 9.59 Å². The Morgan fingerprint density at radius 3 is 2.63 bits per heavy atom. The molecule has 2 fully saturated rings. The fraction of sp³-hybridized carbons (Fsp3) is 0.417. The first kappa shape index (κ1) is 20.3. The molecule has 3 amide bonds. The number of likely N-dealkylation sites (N-methyl/N-ethyl adjacent to an activating group) is 1. The van der Waals surface area contributed by atoms with Crippen LogP contribution in [0.25, 0.3) is 0 Å². The number of hydrogen-bond acceptors (Lipinski definition) is 3. The highest BCUT2D eigenvalue weighted by Crippen LogP contribution is 2.26. The molecule has 6 nitrogen and oxygen atoms in total. The van der Waals surface area contributed by atoms with E-state index < -0.39 is 0 Å². The highest BCUT2D eigenvalue weighted by Gasteiger charge is 2.27. The zero-order valence-corrected chi connectivity index (χ0v) is 17.8. The maximum absolute atomic E-state index is 12.9. The van der Waals surface area contributed by atoms with Gasteiger partial charge in [-0.2, -0.15) is 0 Å². The number of hydrogen-bond donors (Lipinski definition) is 1. The van der Waals surface area contributed by atoms with Crippen LogP contribution < -0.4 is 15.1 Å². The smallest absolute Gasteiger partial charge is 0.321 e. The van der Waals surface area contributed by atoms with Crippen LogP contribution in [0.1, 0.15) is 31.2 Å². The van der Waals surface area contributed by atoms with E-state index in [0.717, 1.165) is 43.7 Å². The average Bonchev–Trinajstić information content (AvgIpc) is 3.20. The molecule has 0 aliphatic carbocycles. The Morgan fingerprint density at radius 1 is 1.10 bits per heavy atom. The van der Waals surface area contributed by atoms with Crippen molar-refractivity contribution in [3.8, 4) is 0 Å². The molecule has 0 saturated carbocycles. The van der Waals surface area contributed by atoms with Crippen LogP contribution in [0.5, 0.6) is 0 Å². The Morgan fingerprint density at radius 2 is 1.90 bits per heavy atom. The van der Waals surface area contributed by atoms with E-state index in [-0.39, 0.29) is 11.9 Å². The van der Waals surface area contributed by atoms with Crippen molar-refractivity contribution in [1.29, 1.82) is 0 Å². The van der Waals surface area contributed by atoms with Crippen molar-refractivity contribution in [3.63, 3.8) is 0 Å². The Labute approximate surface area is 178 Å². The van der Waals surface area contributed by atoms with Crippen LogP contribution in [0.2, 0.25) is 0 Å². The zero-order valence-electron chi connectivity index (χ0n) is 17.8. The number of benzene rings is 2. The van der Waals surface area contributed by atoms with Crippen molar-refractivity contribution in [3.05, 3.63) is 54.1 Å². The summed E-state index contributed by atoms with van der Waals surface area (Å²) in [5, 5.41) is 3.03. The molecule has 2 heterocycles. The first-order valence-corrected chi connectivity index (χ1v) is 10.8. The fourth-order valence-corrected chi connectivity index (χ4v) is 4.32. The molecule has 0 spiro atoms. The van der Waals surface area contributed by atoms with Gasteiger partial charge in [-0.25, -0.2) is 4.79 Å². The number of nitrogens with one attached hydrogen (secondary N) is 1. The highest BCUT2D eigenvalue weighted by atomic mass is 16.2. The number of carbonyl (C=O) groups excluding carboxylic acids is 2. The molecule has 2 aromatic carbocycles. The van der Waals surface area contributed by atoms with Crippen LogP contribution in [-0.4, -0.2) is 49.6 Å². The number of piperidine rings is 1. The SMILES string of the molecule is Cc1ccc(N(C)[C@H]2CCCN(C(=O)Nc3cccc(N4CCCC4=O)c3)C2)cc1. The van der Waals surface area contributed by atoms with Crippen LogP contribution in [-0.2, 0) is 4.79 Å². The summed E-state index contributed by atoms with van der Waals surface area (Å²) in [6, 6.07) is 16.3. The van der Waals surface area contributed by atoms with E-state index in [1.807, 2.05) is 29.2 Å². The summed E-state index contributed by atoms with van der Waals surface area (Å²) in [7, 11) is 2.10. The summed E-state index contributed by atoms with van der Waals surface area (Å²) in [4.78, 5) is 30.9. The molecule has 1 N–H and O–H groups in total. The van der Waals surface area contributed by atoms with Crippen molar-refractivity contribution in [2.75, 3.05) is 41.8 Å². The van der Waals surface area contributed by atoms with Crippen LogP contribution >= 0.6 is 0 Å². The first-order chi connectivity index (χ1) is 14.5. The maximum atomic E-state index is 12.9. The molecular formula is C24H30N4O2. The highest BCUT2D eigenvalue weighted by molar-refractivity contribution is 5.96. The number of nitrogens with zero attached hydrogens (tertiary/aromatic N) is 3. The lowest BCUT2D eigenvalue weighted by molar-refractivity contribution is -0.117. The van der Waals surface area contributed by atoms with Gasteiger partial charge in [-0.1, -0.05) is 23.8 Å². The van der Waals surface area contributed by atoms with Gasteiger partial charge in [-0.05, 0) is 56.5 Å². The number of aryl methyl sites for hydroxylation is 1. The molecule has 6 heteroatoms. The Balaban J connectivity index is 1.40. The largest absolute Gasteiger partial charge is 0.370 e. The van der Waals surface area contributed by atoms with Crippen LogP contribution in [0.3, 0.4) is 0 Å². The summed E-state index contributed by atoms with van der Waals surface area (Å²) < 4.78 is 0.